The molecule has 0 aromatic heterocycles. The van der Waals surface area contributed by atoms with Gasteiger partial charge in [0.05, 0.1) is 6.04 Å². The molecule has 6 nitrogen and oxygen atoms in total. The minimum absolute atomic E-state index is 0.0336. The lowest BCUT2D eigenvalue weighted by Crippen LogP contribution is -2.40. The van der Waals surface area contributed by atoms with E-state index >= 15 is 0 Å². The molecular formula is C22H30N4O2. The molecule has 0 aliphatic carbocycles. The summed E-state index contributed by atoms with van der Waals surface area (Å²) < 4.78 is 0. The highest BCUT2D eigenvalue weighted by Crippen LogP contribution is 2.21. The molecule has 0 saturated carbocycles. The van der Waals surface area contributed by atoms with Crippen molar-refractivity contribution in [2.75, 3.05) is 45.0 Å². The van der Waals surface area contributed by atoms with Gasteiger partial charge in [0.1, 0.15) is 0 Å². The average molecular weight is 383 g/mol. The van der Waals surface area contributed by atoms with Crippen molar-refractivity contribution in [3.8, 4) is 0 Å². The lowest BCUT2D eigenvalue weighted by molar-refractivity contribution is -0.136. The predicted octanol–water partition coefficient (Wildman–Crippen LogP) is 2.73. The second-order valence-electron chi connectivity index (χ2n) is 7.45. The van der Waals surface area contributed by atoms with Gasteiger partial charge in [0, 0.05) is 32.0 Å². The van der Waals surface area contributed by atoms with Crippen molar-refractivity contribution in [3.05, 3.63) is 59.2 Å². The third-order valence-corrected chi connectivity index (χ3v) is 4.72. The summed E-state index contributed by atoms with van der Waals surface area (Å²) in [7, 11) is 7.89. The largest absolute Gasteiger partial charge is 0.378 e. The first kappa shape index (κ1) is 21.4. The van der Waals surface area contributed by atoms with E-state index in [1.807, 2.05) is 94.3 Å². The summed E-state index contributed by atoms with van der Waals surface area (Å²) in [5, 5.41) is 5.44. The summed E-state index contributed by atoms with van der Waals surface area (Å²) in [5.41, 5.74) is 4.78. The number of amides is 2. The Morgan fingerprint density at radius 3 is 2.14 bits per heavy atom. The number of nitrogens with zero attached hydrogens (tertiary/aromatic N) is 2. The zero-order valence-corrected chi connectivity index (χ0v) is 17.5. The van der Waals surface area contributed by atoms with Gasteiger partial charge in [-0.2, -0.15) is 0 Å². The molecule has 1 atom stereocenters. The van der Waals surface area contributed by atoms with Gasteiger partial charge >= 0.3 is 11.8 Å². The molecule has 0 fully saturated rings. The first-order valence-corrected chi connectivity index (χ1v) is 9.29. The Labute approximate surface area is 167 Å². The molecule has 2 N–H and O–H groups in total. The Kier molecular flexibility index (Phi) is 7.18. The maximum absolute atomic E-state index is 12.3. The van der Waals surface area contributed by atoms with Crippen LogP contribution in [-0.4, -0.2) is 51.4 Å². The lowest BCUT2D eigenvalue weighted by Gasteiger charge is -2.25. The Morgan fingerprint density at radius 1 is 0.929 bits per heavy atom. The van der Waals surface area contributed by atoms with Gasteiger partial charge in [0.15, 0.2) is 0 Å². The Hall–Kier alpha value is -2.86. The summed E-state index contributed by atoms with van der Waals surface area (Å²) in [6.07, 6.45) is 0. The number of aryl methyl sites for hydroxylation is 2. The molecule has 0 aliphatic rings. The fraction of sp³-hybridized carbons (Fsp3) is 0.364. The van der Waals surface area contributed by atoms with Gasteiger partial charge in [-0.05, 0) is 62.8 Å². The summed E-state index contributed by atoms with van der Waals surface area (Å²) in [6, 6.07) is 13.9. The number of carbonyl (C=O) groups excluding carboxylic acids is 2. The number of benzene rings is 2. The van der Waals surface area contributed by atoms with Crippen LogP contribution in [0.1, 0.15) is 22.7 Å². The molecule has 28 heavy (non-hydrogen) atoms. The van der Waals surface area contributed by atoms with E-state index in [1.165, 1.54) is 0 Å². The second-order valence-corrected chi connectivity index (χ2v) is 7.45. The fourth-order valence-corrected chi connectivity index (χ4v) is 2.91. The molecule has 6 heteroatoms. The smallest absolute Gasteiger partial charge is 0.313 e. The van der Waals surface area contributed by atoms with E-state index in [-0.39, 0.29) is 6.04 Å². The number of likely N-dealkylation sites (N-methyl/N-ethyl adjacent to an activating group) is 1. The summed E-state index contributed by atoms with van der Waals surface area (Å²) in [4.78, 5) is 28.6. The lowest BCUT2D eigenvalue weighted by atomic mass is 10.1. The van der Waals surface area contributed by atoms with Gasteiger partial charge in [0.25, 0.3) is 0 Å². The molecule has 0 unspecified atom stereocenters. The molecule has 0 heterocycles. The molecule has 0 aliphatic heterocycles. The van der Waals surface area contributed by atoms with Crippen molar-refractivity contribution in [1.82, 2.24) is 10.2 Å². The number of anilines is 2. The minimum atomic E-state index is -0.658. The third-order valence-electron chi connectivity index (χ3n) is 4.72. The molecular weight excluding hydrogens is 352 g/mol. The Morgan fingerprint density at radius 2 is 1.57 bits per heavy atom. The van der Waals surface area contributed by atoms with Crippen LogP contribution in [-0.2, 0) is 9.59 Å². The van der Waals surface area contributed by atoms with E-state index in [1.54, 1.807) is 0 Å². The molecule has 0 radical (unpaired) electrons. The highest BCUT2D eigenvalue weighted by Gasteiger charge is 2.19. The second kappa shape index (κ2) is 9.37. The zero-order chi connectivity index (χ0) is 20.8. The van der Waals surface area contributed by atoms with Gasteiger partial charge in [-0.25, -0.2) is 0 Å². The fourth-order valence-electron chi connectivity index (χ4n) is 2.91. The van der Waals surface area contributed by atoms with Crippen LogP contribution in [0.3, 0.4) is 0 Å². The van der Waals surface area contributed by atoms with Crippen LogP contribution < -0.4 is 15.5 Å². The first-order valence-electron chi connectivity index (χ1n) is 9.29. The topological polar surface area (TPSA) is 64.7 Å². The molecule has 2 amide bonds. The Bertz CT molecular complexity index is 829. The van der Waals surface area contributed by atoms with Crippen molar-refractivity contribution >= 4 is 23.2 Å². The van der Waals surface area contributed by atoms with Gasteiger partial charge in [-0.15, -0.1) is 0 Å². The van der Waals surface area contributed by atoms with Crippen LogP contribution in [0.15, 0.2) is 42.5 Å². The summed E-state index contributed by atoms with van der Waals surface area (Å²) in [6.45, 7) is 4.18. The predicted molar refractivity (Wildman–Crippen MR) is 115 cm³/mol. The van der Waals surface area contributed by atoms with E-state index < -0.39 is 11.8 Å². The molecule has 150 valence electrons. The van der Waals surface area contributed by atoms with E-state index in [9.17, 15) is 9.59 Å². The van der Waals surface area contributed by atoms with Gasteiger partial charge in [-0.1, -0.05) is 24.3 Å². The Balaban J connectivity index is 2.01. The van der Waals surface area contributed by atoms with E-state index in [2.05, 4.69) is 10.6 Å². The van der Waals surface area contributed by atoms with Crippen molar-refractivity contribution in [2.45, 2.75) is 19.9 Å². The molecule has 0 saturated heterocycles. The number of carbonyl (C=O) groups is 2. The van der Waals surface area contributed by atoms with Gasteiger partial charge in [0.2, 0.25) is 0 Å². The normalized spacial score (nSPS) is 11.8. The van der Waals surface area contributed by atoms with Crippen molar-refractivity contribution in [2.24, 2.45) is 0 Å². The maximum Gasteiger partial charge on any atom is 0.313 e. The molecule has 0 bridgehead atoms. The van der Waals surface area contributed by atoms with Crippen molar-refractivity contribution in [3.63, 3.8) is 0 Å². The monoisotopic (exact) mass is 382 g/mol. The minimum Gasteiger partial charge on any atom is -0.378 e. The van der Waals surface area contributed by atoms with Gasteiger partial charge in [-0.3, -0.25) is 9.59 Å². The number of rotatable bonds is 6. The zero-order valence-electron chi connectivity index (χ0n) is 17.5. The first-order chi connectivity index (χ1) is 13.2. The quantitative estimate of drug-likeness (QED) is 0.754. The van der Waals surface area contributed by atoms with Gasteiger partial charge < -0.3 is 20.4 Å². The van der Waals surface area contributed by atoms with E-state index in [4.69, 9.17) is 0 Å². The SMILES string of the molecule is Cc1ccc(C)c(NC(=O)C(=O)NC[C@H](c2ccc(N(C)C)cc2)N(C)C)c1. The van der Waals surface area contributed by atoms with Crippen LogP contribution in [0, 0.1) is 13.8 Å². The third kappa shape index (κ3) is 5.57. The molecule has 2 rings (SSSR count). The average Bonchev–Trinajstić information content (AvgIpc) is 2.64. The number of hydrogen-bond donors (Lipinski definition) is 2. The number of hydrogen-bond acceptors (Lipinski definition) is 4. The van der Waals surface area contributed by atoms with E-state index in [0.29, 0.717) is 12.2 Å². The maximum atomic E-state index is 12.3. The standard InChI is InChI=1S/C22H30N4O2/c1-15-7-8-16(2)19(13-15)24-22(28)21(27)23-14-20(26(5)6)17-9-11-18(12-10-17)25(3)4/h7-13,20H,14H2,1-6H3,(H,23,27)(H,24,28)/t20-/m1/s1. The molecule has 2 aromatic rings. The van der Waals surface area contributed by atoms with Crippen LogP contribution in [0.25, 0.3) is 0 Å². The molecule has 0 spiro atoms. The van der Waals surface area contributed by atoms with Crippen LogP contribution in [0.2, 0.25) is 0 Å². The van der Waals surface area contributed by atoms with Crippen LogP contribution >= 0.6 is 0 Å². The molecule has 2 aromatic carbocycles. The number of nitrogens with one attached hydrogen (secondary N) is 2. The van der Waals surface area contributed by atoms with Crippen molar-refractivity contribution < 1.29 is 9.59 Å². The van der Waals surface area contributed by atoms with Crippen LogP contribution in [0.5, 0.6) is 0 Å². The summed E-state index contributed by atoms with van der Waals surface area (Å²) in [5.74, 6) is -1.30. The van der Waals surface area contributed by atoms with Crippen molar-refractivity contribution in [1.29, 1.82) is 0 Å². The van der Waals surface area contributed by atoms with Crippen LogP contribution in [0.4, 0.5) is 11.4 Å². The highest BCUT2D eigenvalue weighted by atomic mass is 16.2. The highest BCUT2D eigenvalue weighted by molar-refractivity contribution is 6.39. The van der Waals surface area contributed by atoms with E-state index in [0.717, 1.165) is 22.4 Å². The summed E-state index contributed by atoms with van der Waals surface area (Å²) >= 11 is 0.